The van der Waals surface area contributed by atoms with Crippen LogP contribution >= 0.6 is 0 Å². The average molecular weight is 254 g/mol. The van der Waals surface area contributed by atoms with Gasteiger partial charge in [0.2, 0.25) is 0 Å². The largest absolute Gasteiger partial charge is 0.308 e. The first-order valence-electron chi connectivity index (χ1n) is 6.67. The van der Waals surface area contributed by atoms with Crippen LogP contribution in [-0.4, -0.2) is 9.97 Å². The van der Waals surface area contributed by atoms with Crippen LogP contribution in [0.5, 0.6) is 0 Å². The molecule has 0 aliphatic heterocycles. The van der Waals surface area contributed by atoms with E-state index < -0.39 is 0 Å². The summed E-state index contributed by atoms with van der Waals surface area (Å²) in [7, 11) is 0. The second kappa shape index (κ2) is 4.97. The molecule has 0 amide bonds. The number of rotatable bonds is 4. The van der Waals surface area contributed by atoms with Gasteiger partial charge in [-0.1, -0.05) is 30.3 Å². The fourth-order valence-electron chi connectivity index (χ4n) is 2.25. The fraction of sp³-hybridized carbons (Fsp3) is 0.333. The fourth-order valence-corrected chi connectivity index (χ4v) is 2.25. The van der Waals surface area contributed by atoms with Gasteiger partial charge >= 0.3 is 0 Å². The van der Waals surface area contributed by atoms with Gasteiger partial charge in [-0.15, -0.1) is 0 Å². The highest BCUT2D eigenvalue weighted by Crippen LogP contribution is 2.33. The van der Waals surface area contributed by atoms with Crippen LogP contribution in [-0.2, 0) is 6.42 Å². The zero-order valence-electron chi connectivity index (χ0n) is 11.1. The molecule has 98 valence electrons. The van der Waals surface area contributed by atoms with E-state index >= 15 is 0 Å². The minimum absolute atomic E-state index is 0.726. The number of hydrogen-bond donors (Lipinski definition) is 2. The standard InChI is InChI=1S/C15H18N4/c1-10-14(12-5-3-2-4-6-12)17-13(9-11-7-8-11)18-15(10)19-16/h2-6,11H,7-9,16H2,1H3,(H,17,18,19). The Labute approximate surface area is 113 Å². The first-order chi connectivity index (χ1) is 9.28. The van der Waals surface area contributed by atoms with Crippen molar-refractivity contribution >= 4 is 5.82 Å². The maximum Gasteiger partial charge on any atom is 0.147 e. The molecule has 0 radical (unpaired) electrons. The predicted molar refractivity (Wildman–Crippen MR) is 76.4 cm³/mol. The second-order valence-electron chi connectivity index (χ2n) is 5.12. The van der Waals surface area contributed by atoms with Crippen molar-refractivity contribution in [3.05, 3.63) is 41.7 Å². The molecule has 0 unspecified atom stereocenters. The van der Waals surface area contributed by atoms with E-state index in [2.05, 4.69) is 22.5 Å². The minimum Gasteiger partial charge on any atom is -0.308 e. The van der Waals surface area contributed by atoms with E-state index in [0.29, 0.717) is 0 Å². The monoisotopic (exact) mass is 254 g/mol. The molecule has 0 atom stereocenters. The Balaban J connectivity index is 2.05. The van der Waals surface area contributed by atoms with Gasteiger partial charge < -0.3 is 5.43 Å². The van der Waals surface area contributed by atoms with E-state index in [9.17, 15) is 0 Å². The van der Waals surface area contributed by atoms with Crippen molar-refractivity contribution in [2.45, 2.75) is 26.2 Å². The van der Waals surface area contributed by atoms with Gasteiger partial charge in [-0.05, 0) is 25.7 Å². The Morgan fingerprint density at radius 2 is 1.95 bits per heavy atom. The molecule has 1 saturated carbocycles. The number of nitrogen functional groups attached to an aromatic ring is 1. The van der Waals surface area contributed by atoms with Gasteiger partial charge in [0.15, 0.2) is 0 Å². The van der Waals surface area contributed by atoms with Crippen LogP contribution in [0.4, 0.5) is 5.82 Å². The lowest BCUT2D eigenvalue weighted by Gasteiger charge is -2.12. The molecule has 0 saturated heterocycles. The summed E-state index contributed by atoms with van der Waals surface area (Å²) >= 11 is 0. The quantitative estimate of drug-likeness (QED) is 0.650. The average Bonchev–Trinajstić information content (AvgIpc) is 3.25. The van der Waals surface area contributed by atoms with Gasteiger partial charge in [-0.25, -0.2) is 15.8 Å². The molecule has 1 heterocycles. The van der Waals surface area contributed by atoms with E-state index in [4.69, 9.17) is 10.8 Å². The van der Waals surface area contributed by atoms with Crippen molar-refractivity contribution < 1.29 is 0 Å². The van der Waals surface area contributed by atoms with Gasteiger partial charge in [0.1, 0.15) is 11.6 Å². The summed E-state index contributed by atoms with van der Waals surface area (Å²) in [5, 5.41) is 0. The maximum atomic E-state index is 5.57. The van der Waals surface area contributed by atoms with Crippen LogP contribution in [0.1, 0.15) is 24.2 Å². The molecule has 1 aliphatic carbocycles. The Hall–Kier alpha value is -1.94. The first kappa shape index (κ1) is 12.1. The summed E-state index contributed by atoms with van der Waals surface area (Å²) in [4.78, 5) is 9.23. The Morgan fingerprint density at radius 3 is 2.58 bits per heavy atom. The number of aromatic nitrogens is 2. The summed E-state index contributed by atoms with van der Waals surface area (Å²) in [6.45, 7) is 2.00. The normalized spacial score (nSPS) is 14.4. The lowest BCUT2D eigenvalue weighted by molar-refractivity contribution is 0.769. The van der Waals surface area contributed by atoms with Gasteiger partial charge in [-0.3, -0.25) is 0 Å². The number of nitrogens with one attached hydrogen (secondary N) is 1. The van der Waals surface area contributed by atoms with Crippen LogP contribution in [0.3, 0.4) is 0 Å². The van der Waals surface area contributed by atoms with Crippen molar-refractivity contribution in [2.75, 3.05) is 5.43 Å². The summed E-state index contributed by atoms with van der Waals surface area (Å²) in [6.07, 6.45) is 3.54. The van der Waals surface area contributed by atoms with Crippen LogP contribution in [0.15, 0.2) is 30.3 Å². The van der Waals surface area contributed by atoms with E-state index in [1.807, 2.05) is 25.1 Å². The van der Waals surface area contributed by atoms with Crippen LogP contribution < -0.4 is 11.3 Å². The number of hydrogen-bond acceptors (Lipinski definition) is 4. The molecule has 1 aromatic carbocycles. The van der Waals surface area contributed by atoms with E-state index in [1.165, 1.54) is 12.8 Å². The lowest BCUT2D eigenvalue weighted by Crippen LogP contribution is -2.13. The number of nitrogens with zero attached hydrogens (tertiary/aromatic N) is 2. The van der Waals surface area contributed by atoms with Gasteiger partial charge in [0.05, 0.1) is 5.69 Å². The molecule has 1 aliphatic rings. The minimum atomic E-state index is 0.726. The summed E-state index contributed by atoms with van der Waals surface area (Å²) in [5.74, 6) is 7.95. The first-order valence-corrected chi connectivity index (χ1v) is 6.67. The van der Waals surface area contributed by atoms with Crippen molar-refractivity contribution in [3.8, 4) is 11.3 Å². The predicted octanol–water partition coefficient (Wildman–Crippen LogP) is 2.69. The second-order valence-corrected chi connectivity index (χ2v) is 5.12. The van der Waals surface area contributed by atoms with Gasteiger partial charge in [0.25, 0.3) is 0 Å². The van der Waals surface area contributed by atoms with Crippen LogP contribution in [0.2, 0.25) is 0 Å². The zero-order valence-corrected chi connectivity index (χ0v) is 11.1. The highest BCUT2D eigenvalue weighted by molar-refractivity contribution is 5.67. The van der Waals surface area contributed by atoms with E-state index in [0.717, 1.165) is 40.8 Å². The summed E-state index contributed by atoms with van der Waals surface area (Å²) < 4.78 is 0. The Kier molecular flexibility index (Phi) is 3.17. The topological polar surface area (TPSA) is 63.8 Å². The number of hydrazine groups is 1. The van der Waals surface area contributed by atoms with Crippen molar-refractivity contribution in [1.29, 1.82) is 0 Å². The van der Waals surface area contributed by atoms with Gasteiger partial charge in [0, 0.05) is 17.5 Å². The van der Waals surface area contributed by atoms with Crippen LogP contribution in [0, 0.1) is 12.8 Å². The number of anilines is 1. The van der Waals surface area contributed by atoms with Crippen molar-refractivity contribution in [1.82, 2.24) is 9.97 Å². The third-order valence-corrected chi connectivity index (χ3v) is 3.54. The van der Waals surface area contributed by atoms with Crippen molar-refractivity contribution in [3.63, 3.8) is 0 Å². The molecule has 19 heavy (non-hydrogen) atoms. The summed E-state index contributed by atoms with van der Waals surface area (Å²) in [6, 6.07) is 10.2. The SMILES string of the molecule is Cc1c(NN)nc(CC2CC2)nc1-c1ccccc1. The molecule has 2 aromatic rings. The zero-order chi connectivity index (χ0) is 13.2. The summed E-state index contributed by atoms with van der Waals surface area (Å²) in [5.41, 5.74) is 5.76. The molecule has 3 N–H and O–H groups in total. The molecular formula is C15H18N4. The lowest BCUT2D eigenvalue weighted by atomic mass is 10.1. The Bertz CT molecular complexity index is 576. The van der Waals surface area contributed by atoms with E-state index in [1.54, 1.807) is 0 Å². The van der Waals surface area contributed by atoms with Gasteiger partial charge in [-0.2, -0.15) is 0 Å². The molecule has 0 bridgehead atoms. The number of nitrogens with two attached hydrogens (primary N) is 1. The number of benzene rings is 1. The molecular weight excluding hydrogens is 236 g/mol. The van der Waals surface area contributed by atoms with Crippen molar-refractivity contribution in [2.24, 2.45) is 11.8 Å². The molecule has 0 spiro atoms. The third-order valence-electron chi connectivity index (χ3n) is 3.54. The highest BCUT2D eigenvalue weighted by atomic mass is 15.3. The smallest absolute Gasteiger partial charge is 0.147 e. The molecule has 1 aromatic heterocycles. The highest BCUT2D eigenvalue weighted by Gasteiger charge is 2.24. The molecule has 4 nitrogen and oxygen atoms in total. The Morgan fingerprint density at radius 1 is 1.21 bits per heavy atom. The molecule has 1 fully saturated rings. The maximum absolute atomic E-state index is 5.57. The van der Waals surface area contributed by atoms with E-state index in [-0.39, 0.29) is 0 Å². The molecule has 4 heteroatoms. The van der Waals surface area contributed by atoms with Crippen LogP contribution in [0.25, 0.3) is 11.3 Å². The molecule has 3 rings (SSSR count). The third kappa shape index (κ3) is 2.58.